The van der Waals surface area contributed by atoms with Crippen molar-refractivity contribution in [3.8, 4) is 0 Å². The first-order valence-electron chi connectivity index (χ1n) is 7.25. The van der Waals surface area contributed by atoms with Crippen LogP contribution in [-0.4, -0.2) is 5.88 Å². The van der Waals surface area contributed by atoms with Gasteiger partial charge in [0.2, 0.25) is 0 Å². The Labute approximate surface area is 132 Å². The van der Waals surface area contributed by atoms with Crippen molar-refractivity contribution in [3.63, 3.8) is 0 Å². The summed E-state index contributed by atoms with van der Waals surface area (Å²) in [6.45, 7) is 9.12. The maximum absolute atomic E-state index is 5.90. The van der Waals surface area contributed by atoms with Gasteiger partial charge in [-0.2, -0.15) is 0 Å². The third kappa shape index (κ3) is 5.11. The fraction of sp³-hybridized carbons (Fsp3) is 0.647. The molecule has 0 amide bonds. The molecule has 0 aromatic heterocycles. The van der Waals surface area contributed by atoms with Crippen molar-refractivity contribution in [1.82, 2.24) is 0 Å². The molecule has 0 radical (unpaired) electrons. The van der Waals surface area contributed by atoms with Gasteiger partial charge in [-0.15, -0.1) is 11.6 Å². The van der Waals surface area contributed by atoms with E-state index in [9.17, 15) is 0 Å². The summed E-state index contributed by atoms with van der Waals surface area (Å²) in [4.78, 5) is 0. The Morgan fingerprint density at radius 2 is 2.00 bits per heavy atom. The number of hydrogen-bond donors (Lipinski definition) is 0. The molecule has 0 nitrogen and oxygen atoms in total. The molecule has 1 rings (SSSR count). The standard InChI is InChI=1S/C17H26BrCl/c1-5-6-9-17(3,4)15-8-7-14(16(18)11-15)10-13(2)12-19/h7-8,11,13H,5-6,9-10,12H2,1-4H3. The summed E-state index contributed by atoms with van der Waals surface area (Å²) in [7, 11) is 0. The highest BCUT2D eigenvalue weighted by Crippen LogP contribution is 2.32. The van der Waals surface area contributed by atoms with Crippen LogP contribution in [-0.2, 0) is 11.8 Å². The fourth-order valence-corrected chi connectivity index (χ4v) is 2.98. The Bertz CT molecular complexity index is 398. The summed E-state index contributed by atoms with van der Waals surface area (Å²) in [5.74, 6) is 1.24. The SMILES string of the molecule is CCCCC(C)(C)c1ccc(CC(C)CCl)c(Br)c1. The number of rotatable bonds is 7. The molecule has 2 heteroatoms. The molecule has 1 aromatic carbocycles. The first-order chi connectivity index (χ1) is 8.90. The van der Waals surface area contributed by atoms with Crippen LogP contribution in [0.15, 0.2) is 22.7 Å². The van der Waals surface area contributed by atoms with Crippen molar-refractivity contribution in [2.24, 2.45) is 5.92 Å². The smallest absolute Gasteiger partial charge is 0.0252 e. The maximum atomic E-state index is 5.90. The van der Waals surface area contributed by atoms with E-state index in [4.69, 9.17) is 11.6 Å². The Balaban J connectivity index is 2.86. The Morgan fingerprint density at radius 1 is 1.32 bits per heavy atom. The minimum atomic E-state index is 0.259. The van der Waals surface area contributed by atoms with Gasteiger partial charge in [0.1, 0.15) is 0 Å². The van der Waals surface area contributed by atoms with E-state index >= 15 is 0 Å². The monoisotopic (exact) mass is 344 g/mol. The minimum Gasteiger partial charge on any atom is -0.126 e. The molecular formula is C17H26BrCl. The minimum absolute atomic E-state index is 0.259. The van der Waals surface area contributed by atoms with Crippen LogP contribution in [0.5, 0.6) is 0 Å². The lowest BCUT2D eigenvalue weighted by Crippen LogP contribution is -2.17. The van der Waals surface area contributed by atoms with Gasteiger partial charge >= 0.3 is 0 Å². The van der Waals surface area contributed by atoms with Crippen molar-refractivity contribution in [1.29, 1.82) is 0 Å². The second-order valence-electron chi connectivity index (χ2n) is 6.26. The second-order valence-corrected chi connectivity index (χ2v) is 7.42. The summed E-state index contributed by atoms with van der Waals surface area (Å²) in [5, 5.41) is 0. The second kappa shape index (κ2) is 7.69. The molecule has 1 unspecified atom stereocenters. The number of hydrogen-bond acceptors (Lipinski definition) is 0. The van der Waals surface area contributed by atoms with Gasteiger partial charge in [-0.25, -0.2) is 0 Å². The van der Waals surface area contributed by atoms with Crippen LogP contribution < -0.4 is 0 Å². The largest absolute Gasteiger partial charge is 0.126 e. The first kappa shape index (κ1) is 17.0. The van der Waals surface area contributed by atoms with E-state index in [1.807, 2.05) is 0 Å². The van der Waals surface area contributed by atoms with Gasteiger partial charge in [0.25, 0.3) is 0 Å². The molecule has 0 heterocycles. The number of alkyl halides is 1. The highest BCUT2D eigenvalue weighted by Gasteiger charge is 2.20. The van der Waals surface area contributed by atoms with E-state index < -0.39 is 0 Å². The van der Waals surface area contributed by atoms with Crippen LogP contribution in [0.4, 0.5) is 0 Å². The number of halogens is 2. The summed E-state index contributed by atoms with van der Waals surface area (Å²) in [5.41, 5.74) is 3.05. The van der Waals surface area contributed by atoms with Gasteiger partial charge in [0.05, 0.1) is 0 Å². The average molecular weight is 346 g/mol. The summed E-state index contributed by atoms with van der Waals surface area (Å²) < 4.78 is 1.23. The third-order valence-corrected chi connectivity index (χ3v) is 5.09. The molecular weight excluding hydrogens is 320 g/mol. The van der Waals surface area contributed by atoms with E-state index in [-0.39, 0.29) is 5.41 Å². The molecule has 0 aliphatic heterocycles. The first-order valence-corrected chi connectivity index (χ1v) is 8.58. The molecule has 0 bridgehead atoms. The molecule has 0 fully saturated rings. The quantitative estimate of drug-likeness (QED) is 0.506. The van der Waals surface area contributed by atoms with Crippen LogP contribution in [0.1, 0.15) is 58.1 Å². The predicted octanol–water partition coefficient (Wildman–Crippen LogP) is 6.33. The van der Waals surface area contributed by atoms with Gasteiger partial charge in [-0.05, 0) is 41.4 Å². The molecule has 1 atom stereocenters. The molecule has 1 aromatic rings. The lowest BCUT2D eigenvalue weighted by atomic mass is 9.80. The molecule has 108 valence electrons. The van der Waals surface area contributed by atoms with Crippen molar-refractivity contribution >= 4 is 27.5 Å². The van der Waals surface area contributed by atoms with Crippen LogP contribution in [0.3, 0.4) is 0 Å². The maximum Gasteiger partial charge on any atom is 0.0252 e. The molecule has 0 spiro atoms. The zero-order valence-electron chi connectivity index (χ0n) is 12.6. The van der Waals surface area contributed by atoms with Crippen LogP contribution in [0, 0.1) is 5.92 Å². The zero-order chi connectivity index (χ0) is 14.5. The lowest BCUT2D eigenvalue weighted by molar-refractivity contribution is 0.457. The topological polar surface area (TPSA) is 0 Å². The normalized spacial score (nSPS) is 13.6. The van der Waals surface area contributed by atoms with Crippen molar-refractivity contribution in [3.05, 3.63) is 33.8 Å². The lowest BCUT2D eigenvalue weighted by Gasteiger charge is -2.26. The van der Waals surface area contributed by atoms with Gasteiger partial charge in [0, 0.05) is 10.4 Å². The van der Waals surface area contributed by atoms with Crippen molar-refractivity contribution < 1.29 is 0 Å². The average Bonchev–Trinajstić information content (AvgIpc) is 2.38. The molecule has 0 N–H and O–H groups in total. The molecule has 0 aliphatic carbocycles. The molecule has 19 heavy (non-hydrogen) atoms. The summed E-state index contributed by atoms with van der Waals surface area (Å²) in [6, 6.07) is 6.85. The number of benzene rings is 1. The van der Waals surface area contributed by atoms with Crippen LogP contribution in [0.2, 0.25) is 0 Å². The summed E-state index contributed by atoms with van der Waals surface area (Å²) >= 11 is 9.62. The summed E-state index contributed by atoms with van der Waals surface area (Å²) in [6.07, 6.45) is 4.83. The Kier molecular flexibility index (Phi) is 6.90. The van der Waals surface area contributed by atoms with E-state index in [0.29, 0.717) is 5.92 Å². The highest BCUT2D eigenvalue weighted by molar-refractivity contribution is 9.10. The van der Waals surface area contributed by atoms with Crippen molar-refractivity contribution in [2.45, 2.75) is 58.8 Å². The highest BCUT2D eigenvalue weighted by atomic mass is 79.9. The molecule has 0 saturated carbocycles. The van der Waals surface area contributed by atoms with E-state index in [0.717, 1.165) is 12.3 Å². The van der Waals surface area contributed by atoms with Crippen molar-refractivity contribution in [2.75, 3.05) is 5.88 Å². The Hall–Kier alpha value is -0.0100. The molecule has 0 saturated heterocycles. The fourth-order valence-electron chi connectivity index (χ4n) is 2.33. The van der Waals surface area contributed by atoms with Gasteiger partial charge < -0.3 is 0 Å². The van der Waals surface area contributed by atoms with E-state index in [1.165, 1.54) is 34.9 Å². The van der Waals surface area contributed by atoms with E-state index in [1.54, 1.807) is 0 Å². The Morgan fingerprint density at radius 3 is 2.53 bits per heavy atom. The van der Waals surface area contributed by atoms with Gasteiger partial charge in [-0.3, -0.25) is 0 Å². The number of unbranched alkanes of at least 4 members (excludes halogenated alkanes) is 1. The van der Waals surface area contributed by atoms with Gasteiger partial charge in [0.15, 0.2) is 0 Å². The van der Waals surface area contributed by atoms with Crippen LogP contribution >= 0.6 is 27.5 Å². The van der Waals surface area contributed by atoms with Crippen LogP contribution in [0.25, 0.3) is 0 Å². The van der Waals surface area contributed by atoms with E-state index in [2.05, 4.69) is 61.8 Å². The zero-order valence-corrected chi connectivity index (χ0v) is 14.9. The third-order valence-electron chi connectivity index (χ3n) is 3.82. The predicted molar refractivity (Wildman–Crippen MR) is 90.3 cm³/mol. The molecule has 0 aliphatic rings. The van der Waals surface area contributed by atoms with Gasteiger partial charge in [-0.1, -0.05) is 68.6 Å².